The first kappa shape index (κ1) is 17.1. The Morgan fingerprint density at radius 3 is 2.00 bits per heavy atom. The van der Waals surface area contributed by atoms with Gasteiger partial charge in [0.15, 0.2) is 0 Å². The molecule has 0 fully saturated rings. The molecule has 0 spiro atoms. The maximum absolute atomic E-state index is 8.98. The third-order valence-corrected chi connectivity index (χ3v) is 2.24. The number of rotatable bonds is 1. The summed E-state index contributed by atoms with van der Waals surface area (Å²) in [5, 5.41) is 8.98. The van der Waals surface area contributed by atoms with Crippen LogP contribution in [0.25, 0.3) is 0 Å². The van der Waals surface area contributed by atoms with E-state index in [1.54, 1.807) is 0 Å². The van der Waals surface area contributed by atoms with Gasteiger partial charge in [0.2, 0.25) is 0 Å². The smallest absolute Gasteiger partial charge is 0.0785 e. The van der Waals surface area contributed by atoms with Crippen LogP contribution in [0.15, 0.2) is 11.1 Å². The third kappa shape index (κ3) is 5.95. The summed E-state index contributed by atoms with van der Waals surface area (Å²) in [6, 6.07) is 0. The van der Waals surface area contributed by atoms with Crippen LogP contribution >= 0.6 is 0 Å². The highest BCUT2D eigenvalue weighted by atomic mass is 16.5. The molecule has 1 rings (SSSR count). The molecular weight excluding hydrogens is 188 g/mol. The zero-order valence-electron chi connectivity index (χ0n) is 11.4. The molecule has 0 aliphatic carbocycles. The Labute approximate surface area is 95.3 Å². The summed E-state index contributed by atoms with van der Waals surface area (Å²) >= 11 is 0. The van der Waals surface area contributed by atoms with Crippen molar-refractivity contribution in [2.75, 3.05) is 6.61 Å². The standard InChI is InChI=1S/C9H16O2.2C2H6/c1-6-4-7(2)11-8(3)9(6)5-10;2*1-2/h7-8,10H,4-5H2,1-3H3;2*1-2H3/t7?,8-;;/m1../s1. The van der Waals surface area contributed by atoms with Crippen molar-refractivity contribution in [3.8, 4) is 0 Å². The molecule has 1 unspecified atom stereocenters. The molecule has 0 aromatic rings. The van der Waals surface area contributed by atoms with Crippen molar-refractivity contribution in [2.24, 2.45) is 0 Å². The molecule has 1 N–H and O–H groups in total. The second kappa shape index (κ2) is 10.2. The summed E-state index contributed by atoms with van der Waals surface area (Å²) in [5.74, 6) is 0. The fourth-order valence-corrected chi connectivity index (χ4v) is 1.65. The van der Waals surface area contributed by atoms with Crippen molar-refractivity contribution in [2.45, 2.75) is 67.1 Å². The van der Waals surface area contributed by atoms with Crippen molar-refractivity contribution < 1.29 is 9.84 Å². The average Bonchev–Trinajstić information content (AvgIpc) is 2.23. The van der Waals surface area contributed by atoms with Gasteiger partial charge in [-0.05, 0) is 32.8 Å². The second-order valence-electron chi connectivity index (χ2n) is 3.26. The Morgan fingerprint density at radius 2 is 1.67 bits per heavy atom. The Morgan fingerprint density at radius 1 is 1.20 bits per heavy atom. The predicted molar refractivity (Wildman–Crippen MR) is 67.1 cm³/mol. The molecular formula is C13H28O2. The Kier molecular flexibility index (Phi) is 11.6. The van der Waals surface area contributed by atoms with E-state index in [1.807, 2.05) is 34.6 Å². The van der Waals surface area contributed by atoms with E-state index in [0.717, 1.165) is 12.0 Å². The van der Waals surface area contributed by atoms with E-state index in [0.29, 0.717) is 6.10 Å². The Bertz CT molecular complexity index is 173. The van der Waals surface area contributed by atoms with Crippen LogP contribution in [0.3, 0.4) is 0 Å². The quantitative estimate of drug-likeness (QED) is 0.679. The first-order chi connectivity index (χ1) is 7.15. The molecule has 2 nitrogen and oxygen atoms in total. The SMILES string of the molecule is CC.CC.CC1=C(CO)[C@@H](C)OC(C)C1. The van der Waals surface area contributed by atoms with E-state index in [4.69, 9.17) is 9.84 Å². The average molecular weight is 216 g/mol. The first-order valence-electron chi connectivity index (χ1n) is 6.10. The minimum Gasteiger partial charge on any atom is -0.392 e. The van der Waals surface area contributed by atoms with Gasteiger partial charge in [-0.2, -0.15) is 0 Å². The fourth-order valence-electron chi connectivity index (χ4n) is 1.65. The molecule has 0 saturated carbocycles. The molecule has 0 radical (unpaired) electrons. The van der Waals surface area contributed by atoms with Gasteiger partial charge in [-0.25, -0.2) is 0 Å². The molecule has 15 heavy (non-hydrogen) atoms. The monoisotopic (exact) mass is 216 g/mol. The van der Waals surface area contributed by atoms with Crippen molar-refractivity contribution in [1.29, 1.82) is 0 Å². The third-order valence-electron chi connectivity index (χ3n) is 2.24. The predicted octanol–water partition coefficient (Wildman–Crippen LogP) is 3.54. The molecule has 2 heteroatoms. The summed E-state index contributed by atoms with van der Waals surface area (Å²) in [5.41, 5.74) is 2.35. The summed E-state index contributed by atoms with van der Waals surface area (Å²) in [4.78, 5) is 0. The second-order valence-corrected chi connectivity index (χ2v) is 3.26. The lowest BCUT2D eigenvalue weighted by Gasteiger charge is -2.28. The summed E-state index contributed by atoms with van der Waals surface area (Å²) in [6.45, 7) is 14.3. The lowest BCUT2D eigenvalue weighted by atomic mass is 9.97. The summed E-state index contributed by atoms with van der Waals surface area (Å²) in [7, 11) is 0. The highest BCUT2D eigenvalue weighted by Gasteiger charge is 2.21. The molecule has 0 amide bonds. The van der Waals surface area contributed by atoms with Gasteiger partial charge in [0.25, 0.3) is 0 Å². The van der Waals surface area contributed by atoms with Crippen LogP contribution in [0.1, 0.15) is 54.9 Å². The molecule has 0 aromatic heterocycles. The molecule has 92 valence electrons. The van der Waals surface area contributed by atoms with Crippen molar-refractivity contribution in [1.82, 2.24) is 0 Å². The lowest BCUT2D eigenvalue weighted by Crippen LogP contribution is -2.27. The minimum absolute atomic E-state index is 0.101. The van der Waals surface area contributed by atoms with Gasteiger partial charge in [-0.3, -0.25) is 0 Å². The van der Waals surface area contributed by atoms with E-state index < -0.39 is 0 Å². The maximum Gasteiger partial charge on any atom is 0.0785 e. The molecule has 2 atom stereocenters. The highest BCUT2D eigenvalue weighted by molar-refractivity contribution is 5.19. The fraction of sp³-hybridized carbons (Fsp3) is 0.846. The highest BCUT2D eigenvalue weighted by Crippen LogP contribution is 2.24. The number of hydrogen-bond donors (Lipinski definition) is 1. The van der Waals surface area contributed by atoms with Crippen LogP contribution in [-0.4, -0.2) is 23.9 Å². The van der Waals surface area contributed by atoms with Gasteiger partial charge in [-0.15, -0.1) is 0 Å². The topological polar surface area (TPSA) is 29.5 Å². The zero-order valence-corrected chi connectivity index (χ0v) is 11.4. The van der Waals surface area contributed by atoms with Gasteiger partial charge >= 0.3 is 0 Å². The number of aliphatic hydroxyl groups is 1. The van der Waals surface area contributed by atoms with Crippen LogP contribution in [0.2, 0.25) is 0 Å². The van der Waals surface area contributed by atoms with Crippen LogP contribution < -0.4 is 0 Å². The van der Waals surface area contributed by atoms with Gasteiger partial charge in [0.05, 0.1) is 18.8 Å². The Hall–Kier alpha value is -0.340. The van der Waals surface area contributed by atoms with E-state index >= 15 is 0 Å². The van der Waals surface area contributed by atoms with E-state index in [1.165, 1.54) is 5.57 Å². The number of hydrogen-bond acceptors (Lipinski definition) is 2. The van der Waals surface area contributed by atoms with Crippen LogP contribution in [0.4, 0.5) is 0 Å². The zero-order chi connectivity index (χ0) is 12.4. The molecule has 0 aromatic carbocycles. The molecule has 1 heterocycles. The van der Waals surface area contributed by atoms with E-state index in [2.05, 4.69) is 13.8 Å². The van der Waals surface area contributed by atoms with E-state index in [-0.39, 0.29) is 12.7 Å². The van der Waals surface area contributed by atoms with Gasteiger partial charge in [0.1, 0.15) is 0 Å². The van der Waals surface area contributed by atoms with Gasteiger partial charge in [0, 0.05) is 0 Å². The summed E-state index contributed by atoms with van der Waals surface area (Å²) < 4.78 is 5.54. The molecule has 1 aliphatic rings. The molecule has 1 aliphatic heterocycles. The normalized spacial score (nSPS) is 24.8. The van der Waals surface area contributed by atoms with Crippen LogP contribution in [-0.2, 0) is 4.74 Å². The molecule has 0 saturated heterocycles. The van der Waals surface area contributed by atoms with Crippen LogP contribution in [0, 0.1) is 0 Å². The van der Waals surface area contributed by atoms with Gasteiger partial charge in [-0.1, -0.05) is 33.3 Å². The lowest BCUT2D eigenvalue weighted by molar-refractivity contribution is 0.0106. The largest absolute Gasteiger partial charge is 0.392 e. The van der Waals surface area contributed by atoms with Crippen molar-refractivity contribution in [3.05, 3.63) is 11.1 Å². The maximum atomic E-state index is 8.98. The number of ether oxygens (including phenoxy) is 1. The van der Waals surface area contributed by atoms with E-state index in [9.17, 15) is 0 Å². The van der Waals surface area contributed by atoms with Crippen molar-refractivity contribution >= 4 is 0 Å². The van der Waals surface area contributed by atoms with Crippen molar-refractivity contribution in [3.63, 3.8) is 0 Å². The summed E-state index contributed by atoms with van der Waals surface area (Å²) in [6.07, 6.45) is 1.37. The van der Waals surface area contributed by atoms with Crippen LogP contribution in [0.5, 0.6) is 0 Å². The minimum atomic E-state index is 0.101. The number of aliphatic hydroxyl groups excluding tert-OH is 1. The molecule has 0 bridgehead atoms. The first-order valence-corrected chi connectivity index (χ1v) is 6.10. The van der Waals surface area contributed by atoms with Gasteiger partial charge < -0.3 is 9.84 Å². The Balaban J connectivity index is 0.